The summed E-state index contributed by atoms with van der Waals surface area (Å²) in [4.78, 5) is 15.7. The lowest BCUT2D eigenvalue weighted by atomic mass is 10.0. The number of amides is 1. The Morgan fingerprint density at radius 2 is 2.14 bits per heavy atom. The second kappa shape index (κ2) is 6.52. The van der Waals surface area contributed by atoms with Crippen LogP contribution in [0.2, 0.25) is 0 Å². The summed E-state index contributed by atoms with van der Waals surface area (Å²) in [6, 6.07) is 8.72. The third-order valence-corrected chi connectivity index (χ3v) is 4.53. The highest BCUT2D eigenvalue weighted by Crippen LogP contribution is 2.25. The van der Waals surface area contributed by atoms with Crippen molar-refractivity contribution in [3.63, 3.8) is 0 Å². The Morgan fingerprint density at radius 1 is 1.41 bits per heavy atom. The van der Waals surface area contributed by atoms with Gasteiger partial charge in [0.1, 0.15) is 0 Å². The van der Waals surface area contributed by atoms with Crippen molar-refractivity contribution >= 4 is 28.5 Å². The lowest BCUT2D eigenvalue weighted by Gasteiger charge is -2.16. The first kappa shape index (κ1) is 15.1. The van der Waals surface area contributed by atoms with Gasteiger partial charge in [0.15, 0.2) is 5.17 Å². The molecule has 116 valence electrons. The molecule has 0 radical (unpaired) electrons. The van der Waals surface area contributed by atoms with Crippen LogP contribution in [0.3, 0.4) is 0 Å². The molecule has 22 heavy (non-hydrogen) atoms. The van der Waals surface area contributed by atoms with Crippen molar-refractivity contribution in [2.45, 2.75) is 38.8 Å². The maximum Gasteiger partial charge on any atom is 0.217 e. The van der Waals surface area contributed by atoms with Gasteiger partial charge in [-0.25, -0.2) is 0 Å². The van der Waals surface area contributed by atoms with E-state index in [1.165, 1.54) is 19.8 Å². The molecule has 0 saturated heterocycles. The number of amidine groups is 1. The Morgan fingerprint density at radius 3 is 2.68 bits per heavy atom. The zero-order chi connectivity index (χ0) is 15.5. The molecule has 1 saturated carbocycles. The monoisotopic (exact) mass is 316 g/mol. The molecular weight excluding hydrogens is 296 g/mol. The van der Waals surface area contributed by atoms with Crippen LogP contribution in [0.4, 0.5) is 0 Å². The van der Waals surface area contributed by atoms with Crippen LogP contribution in [0, 0.1) is 0 Å². The molecule has 1 atom stereocenters. The molecule has 2 N–H and O–H groups in total. The van der Waals surface area contributed by atoms with Crippen molar-refractivity contribution in [1.29, 1.82) is 0 Å². The van der Waals surface area contributed by atoms with Crippen LogP contribution >= 0.6 is 11.8 Å². The summed E-state index contributed by atoms with van der Waals surface area (Å²) in [5.74, 6) is 0.815. The van der Waals surface area contributed by atoms with Crippen LogP contribution in [0.1, 0.15) is 43.9 Å². The Balaban J connectivity index is 1.65. The maximum absolute atomic E-state index is 11.1. The number of hydrazone groups is 1. The maximum atomic E-state index is 11.1. The fourth-order valence-corrected chi connectivity index (χ4v) is 3.09. The number of hydrogen-bond donors (Lipinski definition) is 2. The van der Waals surface area contributed by atoms with Gasteiger partial charge in [0.05, 0.1) is 17.8 Å². The van der Waals surface area contributed by atoms with Crippen molar-refractivity contribution in [3.05, 3.63) is 35.4 Å². The zero-order valence-electron chi connectivity index (χ0n) is 12.8. The minimum atomic E-state index is -0.0173. The molecular formula is C16H20N4OS. The van der Waals surface area contributed by atoms with Crippen LogP contribution in [0.15, 0.2) is 34.4 Å². The average molecular weight is 316 g/mol. The number of nitrogens with zero attached hydrogens (tertiary/aromatic N) is 2. The number of hydrogen-bond acceptors (Lipinski definition) is 4. The van der Waals surface area contributed by atoms with E-state index in [1.54, 1.807) is 11.8 Å². The van der Waals surface area contributed by atoms with E-state index < -0.39 is 0 Å². The first-order chi connectivity index (χ1) is 10.6. The summed E-state index contributed by atoms with van der Waals surface area (Å²) < 4.78 is 0. The van der Waals surface area contributed by atoms with Crippen LogP contribution in [-0.2, 0) is 4.79 Å². The SMILES string of the molecule is CC(=O)N[C@@H](C)c1ccc(C2=NNC(=NC3CC3)SC2)cc1. The largest absolute Gasteiger partial charge is 0.350 e. The first-order valence-corrected chi connectivity index (χ1v) is 8.51. The lowest BCUT2D eigenvalue weighted by Crippen LogP contribution is -2.26. The number of carbonyl (C=O) groups excluding carboxylic acids is 1. The summed E-state index contributed by atoms with van der Waals surface area (Å²) in [6.45, 7) is 3.51. The second-order valence-corrected chi connectivity index (χ2v) is 6.63. The number of benzene rings is 1. The fraction of sp³-hybridized carbons (Fsp3) is 0.438. The topological polar surface area (TPSA) is 65.8 Å². The van der Waals surface area contributed by atoms with E-state index in [9.17, 15) is 4.79 Å². The molecule has 1 aromatic carbocycles. The molecule has 2 aliphatic rings. The molecule has 0 unspecified atom stereocenters. The minimum absolute atomic E-state index is 0.0173. The highest BCUT2D eigenvalue weighted by atomic mass is 32.2. The van der Waals surface area contributed by atoms with E-state index >= 15 is 0 Å². The van der Waals surface area contributed by atoms with Gasteiger partial charge in [-0.1, -0.05) is 36.0 Å². The number of rotatable bonds is 4. The van der Waals surface area contributed by atoms with Gasteiger partial charge in [0.2, 0.25) is 5.91 Å². The molecule has 1 aliphatic heterocycles. The molecule has 0 bridgehead atoms. The van der Waals surface area contributed by atoms with Gasteiger partial charge in [-0.3, -0.25) is 15.2 Å². The van der Waals surface area contributed by atoms with Crippen LogP contribution in [0.5, 0.6) is 0 Å². The predicted molar refractivity (Wildman–Crippen MR) is 91.3 cm³/mol. The van der Waals surface area contributed by atoms with Gasteiger partial charge in [-0.2, -0.15) is 5.10 Å². The molecule has 5 nitrogen and oxygen atoms in total. The van der Waals surface area contributed by atoms with Crippen molar-refractivity contribution < 1.29 is 4.79 Å². The predicted octanol–water partition coefficient (Wildman–Crippen LogP) is 2.44. The highest BCUT2D eigenvalue weighted by Gasteiger charge is 2.22. The Labute approximate surface area is 134 Å². The van der Waals surface area contributed by atoms with Gasteiger partial charge in [0, 0.05) is 12.7 Å². The number of aliphatic imine (C=N–C) groups is 1. The Hall–Kier alpha value is -1.82. The molecule has 6 heteroatoms. The van der Waals surface area contributed by atoms with E-state index in [2.05, 4.69) is 33.0 Å². The van der Waals surface area contributed by atoms with Crippen molar-refractivity contribution in [2.24, 2.45) is 10.1 Å². The van der Waals surface area contributed by atoms with Crippen molar-refractivity contribution in [1.82, 2.24) is 10.7 Å². The summed E-state index contributed by atoms with van der Waals surface area (Å²) in [5, 5.41) is 8.25. The van der Waals surface area contributed by atoms with Crippen LogP contribution in [0.25, 0.3) is 0 Å². The molecule has 0 spiro atoms. The van der Waals surface area contributed by atoms with Gasteiger partial charge < -0.3 is 5.32 Å². The Kier molecular flexibility index (Phi) is 4.47. The van der Waals surface area contributed by atoms with E-state index in [4.69, 9.17) is 0 Å². The fourth-order valence-electron chi connectivity index (χ4n) is 2.25. The Bertz CT molecular complexity index is 620. The molecule has 1 fully saturated rings. The first-order valence-electron chi connectivity index (χ1n) is 7.52. The summed E-state index contributed by atoms with van der Waals surface area (Å²) >= 11 is 1.70. The average Bonchev–Trinajstić information content (AvgIpc) is 3.31. The minimum Gasteiger partial charge on any atom is -0.350 e. The number of thioether (sulfide) groups is 1. The van der Waals surface area contributed by atoms with E-state index in [0.717, 1.165) is 27.8 Å². The molecule has 1 aliphatic carbocycles. The van der Waals surface area contributed by atoms with Gasteiger partial charge in [-0.05, 0) is 30.9 Å². The molecule has 1 heterocycles. The van der Waals surface area contributed by atoms with Crippen molar-refractivity contribution in [2.75, 3.05) is 5.75 Å². The van der Waals surface area contributed by atoms with Gasteiger partial charge in [-0.15, -0.1) is 0 Å². The smallest absolute Gasteiger partial charge is 0.217 e. The highest BCUT2D eigenvalue weighted by molar-refractivity contribution is 8.14. The summed E-state index contributed by atoms with van der Waals surface area (Å²) in [5.41, 5.74) is 6.26. The third kappa shape index (κ3) is 3.88. The third-order valence-electron chi connectivity index (χ3n) is 3.64. The molecule has 1 aromatic rings. The molecule has 1 amide bonds. The standard InChI is InChI=1S/C16H20N4OS/c1-10(17-11(2)21)12-3-5-13(6-4-12)15-9-22-16(20-19-15)18-14-7-8-14/h3-6,10,14H,7-9H2,1-2H3,(H,17,21)(H,18,20)/t10-/m0/s1. The van der Waals surface area contributed by atoms with E-state index in [1.807, 2.05) is 19.1 Å². The normalized spacial score (nSPS) is 21.0. The second-order valence-electron chi connectivity index (χ2n) is 5.67. The molecule has 0 aromatic heterocycles. The summed E-state index contributed by atoms with van der Waals surface area (Å²) in [6.07, 6.45) is 2.41. The zero-order valence-corrected chi connectivity index (χ0v) is 13.6. The quantitative estimate of drug-likeness (QED) is 0.896. The van der Waals surface area contributed by atoms with Crippen LogP contribution in [-0.4, -0.2) is 28.6 Å². The number of nitrogens with one attached hydrogen (secondary N) is 2. The van der Waals surface area contributed by atoms with Gasteiger partial charge >= 0.3 is 0 Å². The van der Waals surface area contributed by atoms with Crippen molar-refractivity contribution in [3.8, 4) is 0 Å². The van der Waals surface area contributed by atoms with E-state index in [-0.39, 0.29) is 11.9 Å². The molecule has 3 rings (SSSR count). The van der Waals surface area contributed by atoms with E-state index in [0.29, 0.717) is 6.04 Å². The van der Waals surface area contributed by atoms with Gasteiger partial charge in [0.25, 0.3) is 0 Å². The number of carbonyl (C=O) groups is 1. The van der Waals surface area contributed by atoms with Crippen LogP contribution < -0.4 is 10.7 Å². The summed E-state index contributed by atoms with van der Waals surface area (Å²) in [7, 11) is 0. The lowest BCUT2D eigenvalue weighted by molar-refractivity contribution is -0.119.